The molecule has 0 atom stereocenters. The summed E-state index contributed by atoms with van der Waals surface area (Å²) in [4.78, 5) is 28.2. The minimum Gasteiger partial charge on any atom is -0.494 e. The Morgan fingerprint density at radius 1 is 1.10 bits per heavy atom. The van der Waals surface area contributed by atoms with Crippen molar-refractivity contribution in [3.05, 3.63) is 29.8 Å². The number of nitrogens with one attached hydrogen (secondary N) is 1. The summed E-state index contributed by atoms with van der Waals surface area (Å²) in [5.41, 5.74) is 0.887. The van der Waals surface area contributed by atoms with Gasteiger partial charge < -0.3 is 24.6 Å². The van der Waals surface area contributed by atoms with Crippen LogP contribution in [0.1, 0.15) is 36.5 Å². The Labute approximate surface area is 177 Å². The lowest BCUT2D eigenvalue weighted by molar-refractivity contribution is -0.139. The molecule has 2 aliphatic heterocycles. The lowest BCUT2D eigenvalue weighted by Gasteiger charge is -2.39. The zero-order chi connectivity index (χ0) is 20.9. The molecule has 2 fully saturated rings. The van der Waals surface area contributed by atoms with Gasteiger partial charge in [-0.3, -0.25) is 9.59 Å². The standard InChI is InChI=1S/C21H29N3O4S/c1-3-28-17-6-4-16(5-7-17)19(26)23-11-8-21(9-12-23)10-13-24(15-21)20(29)22-14-18(25)27-2/h4-7H,3,8-15H2,1-2H3,(H,22,29). The number of amides is 1. The predicted molar refractivity (Wildman–Crippen MR) is 114 cm³/mol. The Balaban J connectivity index is 1.50. The topological polar surface area (TPSA) is 71.1 Å². The Hall–Kier alpha value is -2.35. The molecule has 2 aliphatic rings. The molecule has 1 aromatic carbocycles. The lowest BCUT2D eigenvalue weighted by atomic mass is 9.77. The molecule has 8 heteroatoms. The first-order valence-electron chi connectivity index (χ1n) is 10.1. The number of thiocarbonyl (C=S) groups is 1. The number of esters is 1. The second-order valence-corrected chi connectivity index (χ2v) is 8.04. The van der Waals surface area contributed by atoms with Crippen molar-refractivity contribution in [3.8, 4) is 5.75 Å². The summed E-state index contributed by atoms with van der Waals surface area (Å²) < 4.78 is 10.1. The predicted octanol–water partition coefficient (Wildman–Crippen LogP) is 2.06. The first kappa shape index (κ1) is 21.4. The van der Waals surface area contributed by atoms with Crippen LogP contribution in [0.2, 0.25) is 0 Å². The molecule has 0 radical (unpaired) electrons. The highest BCUT2D eigenvalue weighted by atomic mass is 32.1. The highest BCUT2D eigenvalue weighted by Gasteiger charge is 2.42. The molecule has 2 heterocycles. The van der Waals surface area contributed by atoms with Crippen LogP contribution in [-0.2, 0) is 9.53 Å². The number of piperidine rings is 1. The summed E-state index contributed by atoms with van der Waals surface area (Å²) in [6.07, 6.45) is 2.98. The van der Waals surface area contributed by atoms with Crippen LogP contribution in [0.4, 0.5) is 0 Å². The van der Waals surface area contributed by atoms with E-state index in [1.54, 1.807) is 0 Å². The number of rotatable bonds is 5. The Bertz CT molecular complexity index is 745. The molecule has 1 spiro atoms. The maximum absolute atomic E-state index is 12.8. The summed E-state index contributed by atoms with van der Waals surface area (Å²) in [6, 6.07) is 7.36. The summed E-state index contributed by atoms with van der Waals surface area (Å²) in [6.45, 7) is 5.88. The third-order valence-corrected chi connectivity index (χ3v) is 6.26. The van der Waals surface area contributed by atoms with E-state index in [1.165, 1.54) is 7.11 Å². The normalized spacial score (nSPS) is 17.9. The Morgan fingerprint density at radius 2 is 1.72 bits per heavy atom. The first-order valence-corrected chi connectivity index (χ1v) is 10.5. The second-order valence-electron chi connectivity index (χ2n) is 7.66. The third kappa shape index (κ3) is 5.18. The summed E-state index contributed by atoms with van der Waals surface area (Å²) in [7, 11) is 1.36. The van der Waals surface area contributed by atoms with Crippen LogP contribution in [0.3, 0.4) is 0 Å². The highest BCUT2D eigenvalue weighted by Crippen LogP contribution is 2.40. The molecule has 1 N–H and O–H groups in total. The molecule has 29 heavy (non-hydrogen) atoms. The van der Waals surface area contributed by atoms with Crippen molar-refractivity contribution < 1.29 is 19.1 Å². The minimum absolute atomic E-state index is 0.0769. The van der Waals surface area contributed by atoms with E-state index in [0.717, 1.165) is 51.2 Å². The van der Waals surface area contributed by atoms with E-state index in [4.69, 9.17) is 17.0 Å². The quantitative estimate of drug-likeness (QED) is 0.579. The van der Waals surface area contributed by atoms with E-state index in [2.05, 4.69) is 15.0 Å². The van der Waals surface area contributed by atoms with Crippen LogP contribution in [0.5, 0.6) is 5.75 Å². The molecule has 7 nitrogen and oxygen atoms in total. The number of benzene rings is 1. The SMILES string of the molecule is CCOc1ccc(C(=O)N2CCC3(CC2)CCN(C(=S)NCC(=O)OC)C3)cc1. The summed E-state index contributed by atoms with van der Waals surface area (Å²) in [5, 5.41) is 3.56. The van der Waals surface area contributed by atoms with Crippen molar-refractivity contribution in [2.75, 3.05) is 46.4 Å². The molecule has 0 bridgehead atoms. The highest BCUT2D eigenvalue weighted by molar-refractivity contribution is 7.80. The van der Waals surface area contributed by atoms with Gasteiger partial charge in [0.25, 0.3) is 5.91 Å². The second kappa shape index (κ2) is 9.43. The van der Waals surface area contributed by atoms with Gasteiger partial charge in [0.05, 0.1) is 13.7 Å². The number of hydrogen-bond donors (Lipinski definition) is 1. The number of ether oxygens (including phenoxy) is 2. The van der Waals surface area contributed by atoms with Crippen molar-refractivity contribution in [3.63, 3.8) is 0 Å². The molecular weight excluding hydrogens is 390 g/mol. The van der Waals surface area contributed by atoms with Gasteiger partial charge in [-0.25, -0.2) is 0 Å². The maximum Gasteiger partial charge on any atom is 0.325 e. The summed E-state index contributed by atoms with van der Waals surface area (Å²) >= 11 is 5.42. The van der Waals surface area contributed by atoms with Gasteiger partial charge in [0.15, 0.2) is 5.11 Å². The summed E-state index contributed by atoms with van der Waals surface area (Å²) in [5.74, 6) is 0.528. The van der Waals surface area contributed by atoms with E-state index in [9.17, 15) is 9.59 Å². The Morgan fingerprint density at radius 3 is 2.31 bits per heavy atom. The van der Waals surface area contributed by atoms with E-state index < -0.39 is 0 Å². The van der Waals surface area contributed by atoms with Gasteiger partial charge in [-0.1, -0.05) is 0 Å². The average Bonchev–Trinajstić information content (AvgIpc) is 3.16. The average molecular weight is 420 g/mol. The van der Waals surface area contributed by atoms with Gasteiger partial charge >= 0.3 is 5.97 Å². The van der Waals surface area contributed by atoms with Crippen LogP contribution >= 0.6 is 12.2 Å². The molecule has 0 saturated carbocycles. The molecule has 0 aromatic heterocycles. The van der Waals surface area contributed by atoms with Crippen LogP contribution in [0.25, 0.3) is 0 Å². The number of carbonyl (C=O) groups excluding carboxylic acids is 2. The first-order chi connectivity index (χ1) is 14.0. The van der Waals surface area contributed by atoms with Crippen LogP contribution in [-0.4, -0.2) is 73.2 Å². The number of nitrogens with zero attached hydrogens (tertiary/aromatic N) is 2. The maximum atomic E-state index is 12.8. The fraction of sp³-hybridized carbons (Fsp3) is 0.571. The molecule has 3 rings (SSSR count). The van der Waals surface area contributed by atoms with E-state index in [1.807, 2.05) is 36.1 Å². The number of methoxy groups -OCH3 is 1. The van der Waals surface area contributed by atoms with E-state index in [0.29, 0.717) is 17.3 Å². The fourth-order valence-electron chi connectivity index (χ4n) is 4.08. The zero-order valence-corrected chi connectivity index (χ0v) is 17.9. The van der Waals surface area contributed by atoms with E-state index in [-0.39, 0.29) is 23.8 Å². The number of likely N-dealkylation sites (tertiary alicyclic amines) is 2. The smallest absolute Gasteiger partial charge is 0.325 e. The van der Waals surface area contributed by atoms with Gasteiger partial charge in [0, 0.05) is 31.7 Å². The van der Waals surface area contributed by atoms with Crippen molar-refractivity contribution in [1.29, 1.82) is 0 Å². The van der Waals surface area contributed by atoms with Gasteiger partial charge in [-0.2, -0.15) is 0 Å². The molecule has 1 aromatic rings. The van der Waals surface area contributed by atoms with Gasteiger partial charge in [-0.05, 0) is 68.1 Å². The molecule has 0 unspecified atom stereocenters. The van der Waals surface area contributed by atoms with Gasteiger partial charge in [-0.15, -0.1) is 0 Å². The monoisotopic (exact) mass is 419 g/mol. The molecule has 158 valence electrons. The van der Waals surface area contributed by atoms with Crippen molar-refractivity contribution in [1.82, 2.24) is 15.1 Å². The van der Waals surface area contributed by atoms with Crippen molar-refractivity contribution >= 4 is 29.2 Å². The van der Waals surface area contributed by atoms with E-state index >= 15 is 0 Å². The largest absolute Gasteiger partial charge is 0.494 e. The van der Waals surface area contributed by atoms with Crippen molar-refractivity contribution in [2.24, 2.45) is 5.41 Å². The third-order valence-electron chi connectivity index (χ3n) is 5.86. The van der Waals surface area contributed by atoms with Crippen LogP contribution < -0.4 is 10.1 Å². The molecule has 0 aliphatic carbocycles. The number of carbonyl (C=O) groups is 2. The Kier molecular flexibility index (Phi) is 6.95. The zero-order valence-electron chi connectivity index (χ0n) is 17.1. The lowest BCUT2D eigenvalue weighted by Crippen LogP contribution is -2.46. The van der Waals surface area contributed by atoms with Gasteiger partial charge in [0.2, 0.25) is 0 Å². The minimum atomic E-state index is -0.331. The fourth-order valence-corrected chi connectivity index (χ4v) is 4.30. The molecule has 1 amide bonds. The number of hydrogen-bond acceptors (Lipinski definition) is 5. The van der Waals surface area contributed by atoms with Crippen LogP contribution in [0, 0.1) is 5.41 Å². The van der Waals surface area contributed by atoms with Gasteiger partial charge in [0.1, 0.15) is 12.3 Å². The molecule has 2 saturated heterocycles. The van der Waals surface area contributed by atoms with Crippen molar-refractivity contribution in [2.45, 2.75) is 26.2 Å². The molecular formula is C21H29N3O4S. The van der Waals surface area contributed by atoms with Crippen LogP contribution in [0.15, 0.2) is 24.3 Å².